The Hall–Kier alpha value is -2.72. The summed E-state index contributed by atoms with van der Waals surface area (Å²) in [7, 11) is 0. The molecule has 0 radical (unpaired) electrons. The highest BCUT2D eigenvalue weighted by Crippen LogP contribution is 2.33. The number of hydrogen-bond donors (Lipinski definition) is 2. The molecule has 0 saturated carbocycles. The zero-order chi connectivity index (χ0) is 19.8. The van der Waals surface area contributed by atoms with E-state index in [9.17, 15) is 19.8 Å². The Kier molecular flexibility index (Phi) is 5.03. The van der Waals surface area contributed by atoms with Crippen LogP contribution in [0.25, 0.3) is 11.0 Å². The first-order valence-corrected chi connectivity index (χ1v) is 8.55. The number of hydrogen-bond acceptors (Lipinski definition) is 7. The second-order valence-corrected chi connectivity index (χ2v) is 7.23. The fourth-order valence-corrected chi connectivity index (χ4v) is 2.96. The second-order valence-electron chi connectivity index (χ2n) is 7.23. The van der Waals surface area contributed by atoms with Crippen LogP contribution in [0.4, 0.5) is 15.4 Å². The molecule has 146 valence electrons. The van der Waals surface area contributed by atoms with Gasteiger partial charge in [0.1, 0.15) is 23.8 Å². The summed E-state index contributed by atoms with van der Waals surface area (Å²) >= 11 is 0. The minimum Gasteiger partial charge on any atom is -0.464 e. The van der Waals surface area contributed by atoms with Crippen molar-refractivity contribution in [1.82, 2.24) is 14.5 Å². The van der Waals surface area contributed by atoms with E-state index in [1.807, 2.05) is 0 Å². The standard InChI is InChI=1S/C17H22N4O6/c1-17(2,3)27-16(25)21(15(23)24)14-11-6-7-20(13(11)18-9-19-14)12-5-4-10(8-22)26-12/h6-7,9-10,12,22H,4-5,8H2,1-3H3,(H,23,24)/t10-,12+/m0/s1. The molecule has 10 nitrogen and oxygen atoms in total. The van der Waals surface area contributed by atoms with Crippen molar-refractivity contribution in [1.29, 1.82) is 0 Å². The second kappa shape index (κ2) is 7.12. The molecule has 1 aliphatic heterocycles. The number of carbonyl (C=O) groups is 2. The van der Waals surface area contributed by atoms with Gasteiger partial charge in [-0.15, -0.1) is 0 Å². The lowest BCUT2D eigenvalue weighted by atomic mass is 10.2. The number of ether oxygens (including phenoxy) is 2. The van der Waals surface area contributed by atoms with Gasteiger partial charge in [-0.2, -0.15) is 4.90 Å². The minimum absolute atomic E-state index is 0.0681. The molecule has 0 bridgehead atoms. The molecule has 2 atom stereocenters. The maximum Gasteiger partial charge on any atom is 0.425 e. The summed E-state index contributed by atoms with van der Waals surface area (Å²) in [5.74, 6) is -0.0859. The molecule has 3 rings (SSSR count). The zero-order valence-corrected chi connectivity index (χ0v) is 15.3. The Labute approximate surface area is 155 Å². The maximum atomic E-state index is 12.4. The number of aliphatic hydroxyl groups is 1. The third-order valence-electron chi connectivity index (χ3n) is 4.07. The van der Waals surface area contributed by atoms with Crippen LogP contribution in [0.3, 0.4) is 0 Å². The van der Waals surface area contributed by atoms with Crippen LogP contribution in [0.2, 0.25) is 0 Å². The lowest BCUT2D eigenvalue weighted by Crippen LogP contribution is -2.40. The van der Waals surface area contributed by atoms with Gasteiger partial charge in [-0.05, 0) is 39.7 Å². The van der Waals surface area contributed by atoms with Crippen molar-refractivity contribution in [2.75, 3.05) is 11.5 Å². The Balaban J connectivity index is 1.99. The molecule has 2 N–H and O–H groups in total. The monoisotopic (exact) mass is 378 g/mol. The molecule has 10 heteroatoms. The van der Waals surface area contributed by atoms with Gasteiger partial charge >= 0.3 is 12.2 Å². The Morgan fingerprint density at radius 1 is 1.37 bits per heavy atom. The van der Waals surface area contributed by atoms with Crippen LogP contribution < -0.4 is 4.90 Å². The molecule has 0 unspecified atom stereocenters. The van der Waals surface area contributed by atoms with Gasteiger partial charge in [0.15, 0.2) is 5.82 Å². The van der Waals surface area contributed by atoms with Crippen LogP contribution in [0.1, 0.15) is 39.8 Å². The predicted molar refractivity (Wildman–Crippen MR) is 94.5 cm³/mol. The van der Waals surface area contributed by atoms with E-state index in [1.165, 1.54) is 6.33 Å². The molecular formula is C17H22N4O6. The van der Waals surface area contributed by atoms with Gasteiger partial charge in [-0.1, -0.05) is 0 Å². The summed E-state index contributed by atoms with van der Waals surface area (Å²) in [6.45, 7) is 4.87. The molecular weight excluding hydrogens is 356 g/mol. The summed E-state index contributed by atoms with van der Waals surface area (Å²) in [5, 5.41) is 19.2. The normalized spacial score (nSPS) is 20.0. The number of anilines is 1. The third-order valence-corrected chi connectivity index (χ3v) is 4.07. The molecule has 2 aromatic rings. The number of aromatic nitrogens is 3. The summed E-state index contributed by atoms with van der Waals surface area (Å²) in [6.07, 6.45) is 1.15. The van der Waals surface area contributed by atoms with E-state index in [4.69, 9.17) is 9.47 Å². The van der Waals surface area contributed by atoms with E-state index in [0.717, 1.165) is 0 Å². The number of carbonyl (C=O) groups excluding carboxylic acids is 1. The number of amides is 2. The highest BCUT2D eigenvalue weighted by atomic mass is 16.6. The minimum atomic E-state index is -1.51. The van der Waals surface area contributed by atoms with Crippen molar-refractivity contribution in [2.24, 2.45) is 0 Å². The fraction of sp³-hybridized carbons (Fsp3) is 0.529. The van der Waals surface area contributed by atoms with Gasteiger partial charge in [-0.3, -0.25) is 0 Å². The average molecular weight is 378 g/mol. The fourth-order valence-electron chi connectivity index (χ4n) is 2.96. The SMILES string of the molecule is CC(C)(C)OC(=O)N(C(=O)O)c1ncnc2c1ccn2[C@H]1CC[C@@H](CO)O1. The van der Waals surface area contributed by atoms with Crippen molar-refractivity contribution in [3.8, 4) is 0 Å². The number of fused-ring (bicyclic) bond motifs is 1. The van der Waals surface area contributed by atoms with Crippen LogP contribution in [0, 0.1) is 0 Å². The van der Waals surface area contributed by atoms with Crippen molar-refractivity contribution in [2.45, 2.75) is 51.5 Å². The van der Waals surface area contributed by atoms with E-state index in [-0.39, 0.29) is 24.8 Å². The number of imide groups is 1. The maximum absolute atomic E-state index is 12.4. The number of nitrogens with zero attached hydrogens (tertiary/aromatic N) is 4. The highest BCUT2D eigenvalue weighted by Gasteiger charge is 2.33. The van der Waals surface area contributed by atoms with Crippen molar-refractivity contribution < 1.29 is 29.3 Å². The quantitative estimate of drug-likeness (QED) is 0.834. The van der Waals surface area contributed by atoms with Gasteiger partial charge in [-0.25, -0.2) is 19.6 Å². The van der Waals surface area contributed by atoms with Crippen molar-refractivity contribution >= 4 is 29.0 Å². The largest absolute Gasteiger partial charge is 0.464 e. The Morgan fingerprint density at radius 3 is 2.70 bits per heavy atom. The molecule has 2 aromatic heterocycles. The van der Waals surface area contributed by atoms with Gasteiger partial charge in [0, 0.05) is 6.20 Å². The van der Waals surface area contributed by atoms with Crippen LogP contribution in [0.5, 0.6) is 0 Å². The van der Waals surface area contributed by atoms with E-state index < -0.39 is 17.8 Å². The van der Waals surface area contributed by atoms with Gasteiger partial charge in [0.25, 0.3) is 0 Å². The molecule has 3 heterocycles. The molecule has 27 heavy (non-hydrogen) atoms. The van der Waals surface area contributed by atoms with E-state index in [2.05, 4.69) is 9.97 Å². The first-order chi connectivity index (χ1) is 12.7. The van der Waals surface area contributed by atoms with E-state index in [1.54, 1.807) is 37.6 Å². The third kappa shape index (κ3) is 3.86. The van der Waals surface area contributed by atoms with Crippen molar-refractivity contribution in [3.63, 3.8) is 0 Å². The molecule has 2 amide bonds. The lowest BCUT2D eigenvalue weighted by Gasteiger charge is -2.24. The highest BCUT2D eigenvalue weighted by molar-refractivity contribution is 6.12. The van der Waals surface area contributed by atoms with Crippen LogP contribution in [-0.2, 0) is 9.47 Å². The molecule has 1 fully saturated rings. The molecule has 0 spiro atoms. The number of carboxylic acid groups (broad SMARTS) is 1. The smallest absolute Gasteiger partial charge is 0.425 e. The van der Waals surface area contributed by atoms with Gasteiger partial charge in [0.2, 0.25) is 0 Å². The summed E-state index contributed by atoms with van der Waals surface area (Å²) in [4.78, 5) is 32.8. The molecule has 0 aliphatic carbocycles. The first-order valence-electron chi connectivity index (χ1n) is 8.55. The number of aliphatic hydroxyl groups excluding tert-OH is 1. The van der Waals surface area contributed by atoms with Gasteiger partial charge < -0.3 is 24.3 Å². The first kappa shape index (κ1) is 19.1. The average Bonchev–Trinajstić information content (AvgIpc) is 3.19. The predicted octanol–water partition coefficient (Wildman–Crippen LogP) is 2.52. The van der Waals surface area contributed by atoms with E-state index >= 15 is 0 Å². The summed E-state index contributed by atoms with van der Waals surface area (Å²) < 4.78 is 12.7. The number of rotatable bonds is 3. The van der Waals surface area contributed by atoms with Crippen LogP contribution in [0.15, 0.2) is 18.6 Å². The summed E-state index contributed by atoms with van der Waals surface area (Å²) in [5.41, 5.74) is -0.432. The lowest BCUT2D eigenvalue weighted by molar-refractivity contribution is -0.0204. The molecule has 1 saturated heterocycles. The van der Waals surface area contributed by atoms with Crippen LogP contribution in [-0.4, -0.2) is 55.2 Å². The van der Waals surface area contributed by atoms with Crippen LogP contribution >= 0.6 is 0 Å². The molecule has 0 aromatic carbocycles. The molecule has 1 aliphatic rings. The van der Waals surface area contributed by atoms with Crippen molar-refractivity contribution in [3.05, 3.63) is 18.6 Å². The summed E-state index contributed by atoms with van der Waals surface area (Å²) in [6, 6.07) is 1.63. The Morgan fingerprint density at radius 2 is 2.11 bits per heavy atom. The Bertz CT molecular complexity index is 859. The van der Waals surface area contributed by atoms with Gasteiger partial charge in [0.05, 0.1) is 18.1 Å². The topological polar surface area (TPSA) is 127 Å². The zero-order valence-electron chi connectivity index (χ0n) is 15.3. The van der Waals surface area contributed by atoms with E-state index in [0.29, 0.717) is 28.8 Å².